The molecule has 0 aliphatic rings. The standard InChI is InChI=1S/C66H129N2O7P/c1-7-10-13-16-19-22-25-28-29-30-31-32-33-34-35-36-37-38-39-41-43-46-49-52-55-58-65(69)67-63(62-74-76(71,72)73-61-60-68(4,5)6)64(57-54-51-48-45-42-27-24-21-18-15-12-9-3)75-66(70)59-56-53-50-47-44-40-26-23-20-17-14-11-8-2/h28-29,54,57,63-64H,7-27,30-53,55-56,58-62H2,1-6H3,(H-,67,69,71,72)/p+1/b29-28+,57-54-. The lowest BCUT2D eigenvalue weighted by molar-refractivity contribution is -0.870. The van der Waals surface area contributed by atoms with E-state index in [-0.39, 0.29) is 25.1 Å². The summed E-state index contributed by atoms with van der Waals surface area (Å²) >= 11 is 0. The number of likely N-dealkylation sites (N-methyl/N-ethyl adjacent to an activating group) is 1. The van der Waals surface area contributed by atoms with E-state index in [0.29, 0.717) is 23.9 Å². The molecule has 0 aromatic carbocycles. The highest BCUT2D eigenvalue weighted by Gasteiger charge is 2.30. The zero-order chi connectivity index (χ0) is 55.7. The number of unbranched alkanes of at least 4 members (excludes halogenated alkanes) is 43. The van der Waals surface area contributed by atoms with E-state index in [2.05, 4.69) is 38.2 Å². The number of phosphoric acid groups is 1. The first kappa shape index (κ1) is 74.5. The van der Waals surface area contributed by atoms with Crippen LogP contribution in [0.4, 0.5) is 0 Å². The summed E-state index contributed by atoms with van der Waals surface area (Å²) in [5.74, 6) is -0.486. The number of rotatable bonds is 61. The molecule has 3 unspecified atom stereocenters. The van der Waals surface area contributed by atoms with Gasteiger partial charge in [-0.25, -0.2) is 4.57 Å². The molecule has 3 atom stereocenters. The lowest BCUT2D eigenvalue weighted by Gasteiger charge is -2.27. The number of phosphoric ester groups is 1. The molecule has 9 nitrogen and oxygen atoms in total. The molecular formula is C66H130N2O7P+. The summed E-state index contributed by atoms with van der Waals surface area (Å²) in [6.45, 7) is 7.05. The van der Waals surface area contributed by atoms with Gasteiger partial charge in [0.2, 0.25) is 5.91 Å². The normalized spacial score (nSPS) is 13.7. The van der Waals surface area contributed by atoms with Gasteiger partial charge >= 0.3 is 13.8 Å². The fraction of sp³-hybridized carbons (Fsp3) is 0.909. The Morgan fingerprint density at radius 2 is 0.763 bits per heavy atom. The minimum Gasteiger partial charge on any atom is -0.456 e. The fourth-order valence-corrected chi connectivity index (χ4v) is 10.7. The number of esters is 1. The number of ether oxygens (including phenoxy) is 1. The van der Waals surface area contributed by atoms with Crippen molar-refractivity contribution in [3.05, 3.63) is 24.3 Å². The molecule has 0 heterocycles. The van der Waals surface area contributed by atoms with Crippen molar-refractivity contribution in [1.29, 1.82) is 0 Å². The molecule has 0 saturated heterocycles. The average molecular weight is 1090 g/mol. The Labute approximate surface area is 473 Å². The average Bonchev–Trinajstić information content (AvgIpc) is 3.38. The summed E-state index contributed by atoms with van der Waals surface area (Å²) in [6, 6.07) is -0.841. The van der Waals surface area contributed by atoms with E-state index in [4.69, 9.17) is 13.8 Å². The highest BCUT2D eigenvalue weighted by molar-refractivity contribution is 7.47. The minimum absolute atomic E-state index is 0.0444. The molecule has 0 spiro atoms. The van der Waals surface area contributed by atoms with E-state index in [1.165, 1.54) is 244 Å². The van der Waals surface area contributed by atoms with Gasteiger partial charge in [0.25, 0.3) is 0 Å². The van der Waals surface area contributed by atoms with Crippen LogP contribution in [0.3, 0.4) is 0 Å². The van der Waals surface area contributed by atoms with Crippen LogP contribution in [0.5, 0.6) is 0 Å². The fourth-order valence-electron chi connectivity index (χ4n) is 10.00. The smallest absolute Gasteiger partial charge is 0.456 e. The molecule has 76 heavy (non-hydrogen) atoms. The molecule has 0 radical (unpaired) electrons. The molecule has 10 heteroatoms. The summed E-state index contributed by atoms with van der Waals surface area (Å²) in [4.78, 5) is 37.7. The molecular weight excluding hydrogens is 964 g/mol. The summed E-state index contributed by atoms with van der Waals surface area (Å²) < 4.78 is 30.7. The predicted molar refractivity (Wildman–Crippen MR) is 328 cm³/mol. The second-order valence-corrected chi connectivity index (χ2v) is 25.5. The number of nitrogens with zero attached hydrogens (tertiary/aromatic N) is 1. The second-order valence-electron chi connectivity index (χ2n) is 24.0. The quantitative estimate of drug-likeness (QED) is 0.0205. The van der Waals surface area contributed by atoms with Gasteiger partial charge in [0, 0.05) is 12.8 Å². The van der Waals surface area contributed by atoms with Gasteiger partial charge in [-0.2, -0.15) is 0 Å². The Hall–Kier alpha value is -1.51. The van der Waals surface area contributed by atoms with Crippen molar-refractivity contribution in [1.82, 2.24) is 5.32 Å². The maximum absolute atomic E-state index is 13.6. The van der Waals surface area contributed by atoms with Crippen LogP contribution >= 0.6 is 7.82 Å². The molecule has 1 amide bonds. The number of nitrogens with one attached hydrogen (secondary N) is 1. The number of carbonyl (C=O) groups excluding carboxylic acids is 2. The first-order valence-electron chi connectivity index (χ1n) is 33.2. The van der Waals surface area contributed by atoms with Gasteiger partial charge in [-0.05, 0) is 57.4 Å². The molecule has 0 bridgehead atoms. The maximum atomic E-state index is 13.6. The van der Waals surface area contributed by atoms with E-state index in [1.54, 1.807) is 0 Å². The zero-order valence-electron chi connectivity index (χ0n) is 51.5. The van der Waals surface area contributed by atoms with Gasteiger partial charge in [0.15, 0.2) is 0 Å². The van der Waals surface area contributed by atoms with Crippen LogP contribution < -0.4 is 5.32 Å². The molecule has 0 aliphatic heterocycles. The SMILES string of the molecule is CCCCCCCC/C=C/CCCCCCCCCCCCCCCCCC(=O)NC(COP(=O)(O)OCC[N+](C)(C)C)C(/C=C\CCCCCCCCCCCC)OC(=O)CCCCCCCCCCCCCCC. The first-order valence-corrected chi connectivity index (χ1v) is 34.7. The third kappa shape index (κ3) is 57.2. The van der Waals surface area contributed by atoms with Crippen LogP contribution in [0.15, 0.2) is 24.3 Å². The monoisotopic (exact) mass is 1090 g/mol. The summed E-state index contributed by atoms with van der Waals surface area (Å²) in [7, 11) is 1.51. The second kappa shape index (κ2) is 56.8. The third-order valence-electron chi connectivity index (χ3n) is 15.1. The number of carbonyl (C=O) groups is 2. The van der Waals surface area contributed by atoms with E-state index in [9.17, 15) is 19.0 Å². The number of hydrogen-bond acceptors (Lipinski definition) is 6. The molecule has 0 aromatic heterocycles. The van der Waals surface area contributed by atoms with Gasteiger partial charge in [-0.15, -0.1) is 0 Å². The molecule has 0 saturated carbocycles. The van der Waals surface area contributed by atoms with Gasteiger partial charge in [-0.1, -0.05) is 289 Å². The van der Waals surface area contributed by atoms with Crippen molar-refractivity contribution in [3.63, 3.8) is 0 Å². The van der Waals surface area contributed by atoms with Gasteiger partial charge in [0.1, 0.15) is 19.3 Å². The number of allylic oxidation sites excluding steroid dienone is 3. The topological polar surface area (TPSA) is 111 Å². The Bertz CT molecular complexity index is 1350. The van der Waals surface area contributed by atoms with Crippen LogP contribution in [0.25, 0.3) is 0 Å². The zero-order valence-corrected chi connectivity index (χ0v) is 52.4. The van der Waals surface area contributed by atoms with Crippen molar-refractivity contribution >= 4 is 19.7 Å². The van der Waals surface area contributed by atoms with Gasteiger partial charge < -0.3 is 19.4 Å². The maximum Gasteiger partial charge on any atom is 0.472 e. The largest absolute Gasteiger partial charge is 0.472 e. The predicted octanol–water partition coefficient (Wildman–Crippen LogP) is 20.5. The van der Waals surface area contributed by atoms with Crippen LogP contribution in [0.2, 0.25) is 0 Å². The highest BCUT2D eigenvalue weighted by atomic mass is 31.2. The molecule has 0 aromatic rings. The number of quaternary nitrogens is 1. The van der Waals surface area contributed by atoms with E-state index in [1.807, 2.05) is 33.3 Å². The highest BCUT2D eigenvalue weighted by Crippen LogP contribution is 2.43. The van der Waals surface area contributed by atoms with E-state index >= 15 is 0 Å². The molecule has 0 aliphatic carbocycles. The molecule has 0 fully saturated rings. The Kier molecular flexibility index (Phi) is 55.6. The minimum atomic E-state index is -4.44. The van der Waals surface area contributed by atoms with Crippen LogP contribution in [-0.2, 0) is 27.9 Å². The lowest BCUT2D eigenvalue weighted by atomic mass is 10.0. The lowest BCUT2D eigenvalue weighted by Crippen LogP contribution is -2.47. The van der Waals surface area contributed by atoms with Crippen molar-refractivity contribution in [2.24, 2.45) is 0 Å². The van der Waals surface area contributed by atoms with Gasteiger partial charge in [-0.3, -0.25) is 18.6 Å². The van der Waals surface area contributed by atoms with E-state index in [0.717, 1.165) is 57.8 Å². The molecule has 0 rings (SSSR count). The van der Waals surface area contributed by atoms with Crippen molar-refractivity contribution in [2.45, 2.75) is 348 Å². The van der Waals surface area contributed by atoms with Crippen LogP contribution in [0.1, 0.15) is 335 Å². The first-order chi connectivity index (χ1) is 36.9. The Morgan fingerprint density at radius 3 is 1.12 bits per heavy atom. The Balaban J connectivity index is 5.02. The van der Waals surface area contributed by atoms with Crippen molar-refractivity contribution in [3.8, 4) is 0 Å². The Morgan fingerprint density at radius 1 is 0.447 bits per heavy atom. The number of hydrogen-bond donors (Lipinski definition) is 2. The van der Waals surface area contributed by atoms with E-state index < -0.39 is 20.0 Å². The molecule has 2 N–H and O–H groups in total. The summed E-state index contributed by atoms with van der Waals surface area (Å²) in [5, 5.41) is 3.07. The summed E-state index contributed by atoms with van der Waals surface area (Å²) in [6.07, 6.45) is 67.5. The van der Waals surface area contributed by atoms with Gasteiger partial charge in [0.05, 0.1) is 33.8 Å². The van der Waals surface area contributed by atoms with Crippen molar-refractivity contribution in [2.75, 3.05) is 40.9 Å². The number of amides is 1. The van der Waals surface area contributed by atoms with Crippen LogP contribution in [-0.4, -0.2) is 74.3 Å². The molecule has 450 valence electrons. The summed E-state index contributed by atoms with van der Waals surface area (Å²) in [5.41, 5.74) is 0. The van der Waals surface area contributed by atoms with Crippen LogP contribution in [0, 0.1) is 0 Å². The third-order valence-corrected chi connectivity index (χ3v) is 16.1. The van der Waals surface area contributed by atoms with Crippen molar-refractivity contribution < 1.29 is 37.3 Å².